The van der Waals surface area contributed by atoms with Crippen molar-refractivity contribution in [3.05, 3.63) is 12.2 Å². The molecule has 2 N–H and O–H groups in total. The van der Waals surface area contributed by atoms with Crippen LogP contribution in [0.3, 0.4) is 0 Å². The van der Waals surface area contributed by atoms with Gasteiger partial charge in [-0.3, -0.25) is 9.59 Å². The minimum atomic E-state index is -1.11. The van der Waals surface area contributed by atoms with Crippen LogP contribution >= 0.6 is 0 Å². The van der Waals surface area contributed by atoms with Gasteiger partial charge in [-0.1, -0.05) is 6.58 Å². The van der Waals surface area contributed by atoms with Crippen LogP contribution in [0.4, 0.5) is 0 Å². The molecular formula is C10H16O6. The molecular weight excluding hydrogens is 216 g/mol. The molecule has 6 heteroatoms. The number of esters is 2. The lowest BCUT2D eigenvalue weighted by atomic mass is 10.3. The van der Waals surface area contributed by atoms with Crippen LogP contribution in [0.25, 0.3) is 0 Å². The normalized spacial score (nSPS) is 8.44. The Labute approximate surface area is 93.5 Å². The lowest BCUT2D eigenvalue weighted by molar-refractivity contribution is -0.158. The van der Waals surface area contributed by atoms with E-state index in [0.717, 1.165) is 0 Å². The SMILES string of the molecule is C=C(C)C(=O)OC(=O)CCC(=O)O.CCO. The van der Waals surface area contributed by atoms with Crippen LogP contribution in [0.5, 0.6) is 0 Å². The van der Waals surface area contributed by atoms with E-state index in [1.54, 1.807) is 6.92 Å². The molecule has 0 amide bonds. The van der Waals surface area contributed by atoms with E-state index in [1.165, 1.54) is 6.92 Å². The number of aliphatic hydroxyl groups is 1. The number of aliphatic carboxylic acids is 1. The van der Waals surface area contributed by atoms with Crippen molar-refractivity contribution < 1.29 is 29.3 Å². The smallest absolute Gasteiger partial charge is 0.340 e. The Balaban J connectivity index is 0. The first-order valence-corrected chi connectivity index (χ1v) is 4.58. The van der Waals surface area contributed by atoms with Crippen molar-refractivity contribution in [2.24, 2.45) is 0 Å². The van der Waals surface area contributed by atoms with E-state index in [1.807, 2.05) is 0 Å². The Morgan fingerprint density at radius 1 is 1.25 bits per heavy atom. The summed E-state index contributed by atoms with van der Waals surface area (Å²) < 4.78 is 4.22. The molecule has 6 nitrogen and oxygen atoms in total. The predicted octanol–water partition coefficient (Wildman–Crippen LogP) is 0.496. The first kappa shape index (κ1) is 16.7. The van der Waals surface area contributed by atoms with E-state index in [-0.39, 0.29) is 25.0 Å². The van der Waals surface area contributed by atoms with Crippen LogP contribution in [-0.2, 0) is 19.1 Å². The fourth-order valence-corrected chi connectivity index (χ4v) is 0.451. The van der Waals surface area contributed by atoms with E-state index in [4.69, 9.17) is 10.2 Å². The van der Waals surface area contributed by atoms with Crippen molar-refractivity contribution in [2.45, 2.75) is 26.7 Å². The number of carboxylic acids is 1. The van der Waals surface area contributed by atoms with Gasteiger partial charge in [0, 0.05) is 12.2 Å². The minimum absolute atomic E-state index is 0.101. The number of rotatable bonds is 4. The average Bonchev–Trinajstić information content (AvgIpc) is 2.15. The van der Waals surface area contributed by atoms with Gasteiger partial charge < -0.3 is 14.9 Å². The summed E-state index contributed by atoms with van der Waals surface area (Å²) >= 11 is 0. The molecule has 0 aliphatic rings. The first-order chi connectivity index (χ1) is 7.34. The van der Waals surface area contributed by atoms with Gasteiger partial charge in [0.2, 0.25) is 0 Å². The van der Waals surface area contributed by atoms with Crippen molar-refractivity contribution in [3.63, 3.8) is 0 Å². The molecule has 0 unspecified atom stereocenters. The molecule has 0 aliphatic carbocycles. The second-order valence-electron chi connectivity index (χ2n) is 2.75. The van der Waals surface area contributed by atoms with Gasteiger partial charge in [0.1, 0.15) is 0 Å². The lowest BCUT2D eigenvalue weighted by Crippen LogP contribution is -2.13. The summed E-state index contributed by atoms with van der Waals surface area (Å²) in [6.45, 7) is 6.59. The number of carbonyl (C=O) groups excluding carboxylic acids is 2. The third-order valence-corrected chi connectivity index (χ3v) is 1.10. The summed E-state index contributed by atoms with van der Waals surface area (Å²) in [5.74, 6) is -2.79. The summed E-state index contributed by atoms with van der Waals surface area (Å²) in [4.78, 5) is 31.4. The minimum Gasteiger partial charge on any atom is -0.481 e. The maximum atomic E-state index is 10.7. The summed E-state index contributed by atoms with van der Waals surface area (Å²) in [5, 5.41) is 15.8. The molecule has 0 aromatic carbocycles. The first-order valence-electron chi connectivity index (χ1n) is 4.58. The van der Waals surface area contributed by atoms with Crippen LogP contribution in [0.2, 0.25) is 0 Å². The number of aliphatic hydroxyl groups excluding tert-OH is 1. The van der Waals surface area contributed by atoms with Gasteiger partial charge >= 0.3 is 17.9 Å². The summed E-state index contributed by atoms with van der Waals surface area (Å²) in [6.07, 6.45) is -0.656. The van der Waals surface area contributed by atoms with Crippen LogP contribution in [0.15, 0.2) is 12.2 Å². The summed E-state index contributed by atoms with van der Waals surface area (Å²) in [6, 6.07) is 0. The van der Waals surface area contributed by atoms with Gasteiger partial charge in [-0.15, -0.1) is 0 Å². The Bertz CT molecular complexity index is 268. The van der Waals surface area contributed by atoms with E-state index in [9.17, 15) is 14.4 Å². The van der Waals surface area contributed by atoms with Crippen LogP contribution in [-0.4, -0.2) is 34.7 Å². The van der Waals surface area contributed by atoms with Crippen LogP contribution in [0.1, 0.15) is 26.7 Å². The van der Waals surface area contributed by atoms with Gasteiger partial charge in [-0.25, -0.2) is 4.79 Å². The molecule has 92 valence electrons. The number of carbonyl (C=O) groups is 3. The fraction of sp³-hybridized carbons (Fsp3) is 0.500. The van der Waals surface area contributed by atoms with E-state index in [0.29, 0.717) is 0 Å². The molecule has 0 bridgehead atoms. The Hall–Kier alpha value is -1.69. The highest BCUT2D eigenvalue weighted by molar-refractivity contribution is 5.95. The summed E-state index contributed by atoms with van der Waals surface area (Å²) in [5.41, 5.74) is 0.101. The molecule has 0 heterocycles. The highest BCUT2D eigenvalue weighted by atomic mass is 16.6. The Kier molecular flexibility index (Phi) is 10.3. The summed E-state index contributed by atoms with van der Waals surface area (Å²) in [7, 11) is 0. The molecule has 0 radical (unpaired) electrons. The maximum Gasteiger partial charge on any atom is 0.340 e. The van der Waals surface area contributed by atoms with Crippen molar-refractivity contribution in [3.8, 4) is 0 Å². The van der Waals surface area contributed by atoms with Gasteiger partial charge in [-0.05, 0) is 13.8 Å². The molecule has 0 saturated carbocycles. The maximum absolute atomic E-state index is 10.7. The zero-order chi connectivity index (χ0) is 13.1. The number of hydrogen-bond acceptors (Lipinski definition) is 5. The molecule has 0 spiro atoms. The predicted molar refractivity (Wildman–Crippen MR) is 55.5 cm³/mol. The lowest BCUT2D eigenvalue weighted by Gasteiger charge is -1.99. The molecule has 0 saturated heterocycles. The van der Waals surface area contributed by atoms with Gasteiger partial charge in [-0.2, -0.15) is 0 Å². The molecule has 0 fully saturated rings. The number of hydrogen-bond donors (Lipinski definition) is 2. The van der Waals surface area contributed by atoms with Gasteiger partial charge in [0.05, 0.1) is 12.8 Å². The van der Waals surface area contributed by atoms with Gasteiger partial charge in [0.25, 0.3) is 0 Å². The second kappa shape index (κ2) is 9.85. The van der Waals surface area contributed by atoms with E-state index in [2.05, 4.69) is 11.3 Å². The zero-order valence-corrected chi connectivity index (χ0v) is 9.36. The monoisotopic (exact) mass is 232 g/mol. The van der Waals surface area contributed by atoms with Crippen LogP contribution in [0, 0.1) is 0 Å². The van der Waals surface area contributed by atoms with Crippen molar-refractivity contribution >= 4 is 17.9 Å². The van der Waals surface area contributed by atoms with Gasteiger partial charge in [0.15, 0.2) is 0 Å². The number of ether oxygens (including phenoxy) is 1. The standard InChI is InChI=1S/C8H10O5.C2H6O/c1-5(2)8(12)13-7(11)4-3-6(9)10;1-2-3/h1,3-4H2,2H3,(H,9,10);3H,2H2,1H3. The van der Waals surface area contributed by atoms with Crippen LogP contribution < -0.4 is 0 Å². The molecule has 16 heavy (non-hydrogen) atoms. The molecule has 0 atom stereocenters. The van der Waals surface area contributed by atoms with Crippen molar-refractivity contribution in [1.29, 1.82) is 0 Å². The third kappa shape index (κ3) is 12.3. The fourth-order valence-electron chi connectivity index (χ4n) is 0.451. The van der Waals surface area contributed by atoms with Crippen molar-refractivity contribution in [2.75, 3.05) is 6.61 Å². The largest absolute Gasteiger partial charge is 0.481 e. The Morgan fingerprint density at radius 3 is 2.00 bits per heavy atom. The second-order valence-corrected chi connectivity index (χ2v) is 2.75. The van der Waals surface area contributed by atoms with E-state index >= 15 is 0 Å². The van der Waals surface area contributed by atoms with Crippen molar-refractivity contribution in [1.82, 2.24) is 0 Å². The molecule has 0 aliphatic heterocycles. The Morgan fingerprint density at radius 2 is 1.69 bits per heavy atom. The topological polar surface area (TPSA) is 101 Å². The third-order valence-electron chi connectivity index (χ3n) is 1.10. The quantitative estimate of drug-likeness (QED) is 0.415. The number of carboxylic acid groups (broad SMARTS) is 1. The average molecular weight is 232 g/mol. The molecule has 0 aromatic heterocycles. The highest BCUT2D eigenvalue weighted by Gasteiger charge is 2.11. The molecule has 0 rings (SSSR count). The highest BCUT2D eigenvalue weighted by Crippen LogP contribution is 1.97. The van der Waals surface area contributed by atoms with E-state index < -0.39 is 17.9 Å². The zero-order valence-electron chi connectivity index (χ0n) is 9.36. The molecule has 0 aromatic rings.